The van der Waals surface area contributed by atoms with Gasteiger partial charge in [0, 0.05) is 12.6 Å². The van der Waals surface area contributed by atoms with Crippen molar-refractivity contribution in [2.45, 2.75) is 32.2 Å². The van der Waals surface area contributed by atoms with Crippen LogP contribution in [0.2, 0.25) is 0 Å². The van der Waals surface area contributed by atoms with Crippen LogP contribution in [0.3, 0.4) is 0 Å². The second-order valence-corrected chi connectivity index (χ2v) is 4.46. The predicted octanol–water partition coefficient (Wildman–Crippen LogP) is 3.14. The zero-order valence-electron chi connectivity index (χ0n) is 11.7. The predicted molar refractivity (Wildman–Crippen MR) is 70.8 cm³/mol. The summed E-state index contributed by atoms with van der Waals surface area (Å²) in [6.45, 7) is 3.31. The number of rotatable bonds is 8. The molecule has 0 fully saturated rings. The van der Waals surface area contributed by atoms with E-state index in [1.54, 1.807) is 12.1 Å². The van der Waals surface area contributed by atoms with Gasteiger partial charge in [-0.05, 0) is 37.6 Å². The lowest BCUT2D eigenvalue weighted by Gasteiger charge is -2.16. The second kappa shape index (κ2) is 8.11. The van der Waals surface area contributed by atoms with Gasteiger partial charge in [-0.1, -0.05) is 19.1 Å². The highest BCUT2D eigenvalue weighted by Gasteiger charge is 2.30. The SMILES string of the molecule is CCCOCC(Cc1ccc(OC(F)(F)F)cc1)NC. The van der Waals surface area contributed by atoms with Gasteiger partial charge in [0.2, 0.25) is 0 Å². The van der Waals surface area contributed by atoms with Gasteiger partial charge < -0.3 is 14.8 Å². The lowest BCUT2D eigenvalue weighted by molar-refractivity contribution is -0.274. The van der Waals surface area contributed by atoms with E-state index in [2.05, 4.69) is 10.1 Å². The third-order valence-corrected chi connectivity index (χ3v) is 2.71. The largest absolute Gasteiger partial charge is 0.573 e. The Morgan fingerprint density at radius 3 is 2.35 bits per heavy atom. The summed E-state index contributed by atoms with van der Waals surface area (Å²) in [5.74, 6) is -0.204. The van der Waals surface area contributed by atoms with Gasteiger partial charge in [0.15, 0.2) is 0 Å². The summed E-state index contributed by atoms with van der Waals surface area (Å²) in [5, 5.41) is 3.13. The van der Waals surface area contributed by atoms with E-state index in [0.717, 1.165) is 12.0 Å². The molecule has 1 rings (SSSR count). The Balaban J connectivity index is 2.50. The van der Waals surface area contributed by atoms with Crippen LogP contribution in [-0.4, -0.2) is 32.7 Å². The average molecular weight is 291 g/mol. The molecule has 1 aromatic rings. The number of alkyl halides is 3. The fraction of sp³-hybridized carbons (Fsp3) is 0.571. The Hall–Kier alpha value is -1.27. The zero-order valence-corrected chi connectivity index (χ0v) is 11.7. The van der Waals surface area contributed by atoms with E-state index < -0.39 is 6.36 Å². The molecule has 0 aliphatic carbocycles. The van der Waals surface area contributed by atoms with Crippen molar-refractivity contribution in [3.05, 3.63) is 29.8 Å². The summed E-state index contributed by atoms with van der Waals surface area (Å²) in [6.07, 6.45) is -3.00. The van der Waals surface area contributed by atoms with Gasteiger partial charge in [0.1, 0.15) is 5.75 Å². The normalized spacial score (nSPS) is 13.2. The van der Waals surface area contributed by atoms with Crippen molar-refractivity contribution < 1.29 is 22.6 Å². The summed E-state index contributed by atoms with van der Waals surface area (Å²) in [7, 11) is 1.83. The molecule has 0 aromatic heterocycles. The van der Waals surface area contributed by atoms with E-state index in [1.165, 1.54) is 12.1 Å². The molecule has 0 spiro atoms. The molecule has 0 aliphatic rings. The van der Waals surface area contributed by atoms with Gasteiger partial charge >= 0.3 is 6.36 Å². The molecule has 0 heterocycles. The molecule has 0 radical (unpaired) electrons. The molecule has 0 amide bonds. The van der Waals surface area contributed by atoms with Crippen molar-refractivity contribution in [3.63, 3.8) is 0 Å². The van der Waals surface area contributed by atoms with Gasteiger partial charge in [0.05, 0.1) is 6.61 Å². The lowest BCUT2D eigenvalue weighted by Crippen LogP contribution is -2.32. The smallest absolute Gasteiger partial charge is 0.406 e. The third-order valence-electron chi connectivity index (χ3n) is 2.71. The fourth-order valence-corrected chi connectivity index (χ4v) is 1.73. The van der Waals surface area contributed by atoms with Gasteiger partial charge in [-0.25, -0.2) is 0 Å². The molecule has 0 aliphatic heterocycles. The first kappa shape index (κ1) is 16.8. The Bertz CT molecular complexity index is 379. The van der Waals surface area contributed by atoms with Gasteiger partial charge in [-0.3, -0.25) is 0 Å². The Kier molecular flexibility index (Phi) is 6.81. The van der Waals surface area contributed by atoms with Crippen LogP contribution < -0.4 is 10.1 Å². The van der Waals surface area contributed by atoms with Crippen molar-refractivity contribution in [2.75, 3.05) is 20.3 Å². The standard InChI is InChI=1S/C14H20F3NO2/c1-3-8-19-10-12(18-2)9-11-4-6-13(7-5-11)20-14(15,16)17/h4-7,12,18H,3,8-10H2,1-2H3. The molecule has 114 valence electrons. The van der Waals surface area contributed by atoms with Crippen LogP contribution in [-0.2, 0) is 11.2 Å². The Morgan fingerprint density at radius 2 is 1.85 bits per heavy atom. The van der Waals surface area contributed by atoms with Crippen LogP contribution in [0.15, 0.2) is 24.3 Å². The maximum atomic E-state index is 12.0. The number of hydrogen-bond acceptors (Lipinski definition) is 3. The summed E-state index contributed by atoms with van der Waals surface area (Å²) in [5.41, 5.74) is 0.930. The number of likely N-dealkylation sites (N-methyl/N-ethyl adjacent to an activating group) is 1. The van der Waals surface area contributed by atoms with Crippen LogP contribution in [0.1, 0.15) is 18.9 Å². The van der Waals surface area contributed by atoms with E-state index in [-0.39, 0.29) is 11.8 Å². The molecule has 0 saturated heterocycles. The molecular weight excluding hydrogens is 271 g/mol. The average Bonchev–Trinajstić information content (AvgIpc) is 2.38. The summed E-state index contributed by atoms with van der Waals surface area (Å²) in [6, 6.07) is 6.04. The van der Waals surface area contributed by atoms with Crippen molar-refractivity contribution in [2.24, 2.45) is 0 Å². The summed E-state index contributed by atoms with van der Waals surface area (Å²) < 4.78 is 45.4. The van der Waals surface area contributed by atoms with Gasteiger partial charge in [0.25, 0.3) is 0 Å². The molecule has 1 atom stereocenters. The molecule has 0 bridgehead atoms. The maximum Gasteiger partial charge on any atom is 0.573 e. The van der Waals surface area contributed by atoms with Gasteiger partial charge in [-0.15, -0.1) is 13.2 Å². The molecule has 1 unspecified atom stereocenters. The highest BCUT2D eigenvalue weighted by molar-refractivity contribution is 5.28. The number of halogens is 3. The fourth-order valence-electron chi connectivity index (χ4n) is 1.73. The highest BCUT2D eigenvalue weighted by atomic mass is 19.4. The molecular formula is C14H20F3NO2. The first-order valence-electron chi connectivity index (χ1n) is 6.54. The molecule has 20 heavy (non-hydrogen) atoms. The number of hydrogen-bond donors (Lipinski definition) is 1. The summed E-state index contributed by atoms with van der Waals surface area (Å²) >= 11 is 0. The minimum atomic E-state index is -4.65. The van der Waals surface area contributed by atoms with Crippen molar-refractivity contribution >= 4 is 0 Å². The first-order chi connectivity index (χ1) is 9.44. The minimum absolute atomic E-state index is 0.135. The van der Waals surface area contributed by atoms with Crippen LogP contribution >= 0.6 is 0 Å². The quantitative estimate of drug-likeness (QED) is 0.746. The van der Waals surface area contributed by atoms with E-state index in [9.17, 15) is 13.2 Å². The van der Waals surface area contributed by atoms with Crippen LogP contribution in [0, 0.1) is 0 Å². The molecule has 0 saturated carbocycles. The van der Waals surface area contributed by atoms with E-state index in [0.29, 0.717) is 19.6 Å². The minimum Gasteiger partial charge on any atom is -0.406 e. The Morgan fingerprint density at radius 1 is 1.20 bits per heavy atom. The Labute approximate surface area is 117 Å². The number of nitrogens with one attached hydrogen (secondary N) is 1. The zero-order chi connectivity index (χ0) is 15.0. The van der Waals surface area contributed by atoms with Crippen molar-refractivity contribution in [3.8, 4) is 5.75 Å². The van der Waals surface area contributed by atoms with E-state index in [4.69, 9.17) is 4.74 Å². The first-order valence-corrected chi connectivity index (χ1v) is 6.54. The van der Waals surface area contributed by atoms with Crippen molar-refractivity contribution in [1.29, 1.82) is 0 Å². The third kappa shape index (κ3) is 6.77. The van der Waals surface area contributed by atoms with Crippen molar-refractivity contribution in [1.82, 2.24) is 5.32 Å². The molecule has 6 heteroatoms. The van der Waals surface area contributed by atoms with Crippen LogP contribution in [0.25, 0.3) is 0 Å². The molecule has 1 N–H and O–H groups in total. The molecule has 3 nitrogen and oxygen atoms in total. The van der Waals surface area contributed by atoms with E-state index >= 15 is 0 Å². The lowest BCUT2D eigenvalue weighted by atomic mass is 10.1. The van der Waals surface area contributed by atoms with Crippen LogP contribution in [0.5, 0.6) is 5.75 Å². The second-order valence-electron chi connectivity index (χ2n) is 4.46. The summed E-state index contributed by atoms with van der Waals surface area (Å²) in [4.78, 5) is 0. The number of benzene rings is 1. The monoisotopic (exact) mass is 291 g/mol. The van der Waals surface area contributed by atoms with Gasteiger partial charge in [-0.2, -0.15) is 0 Å². The van der Waals surface area contributed by atoms with E-state index in [1.807, 2.05) is 14.0 Å². The maximum absolute atomic E-state index is 12.0. The molecule has 1 aromatic carbocycles. The number of ether oxygens (including phenoxy) is 2. The highest BCUT2D eigenvalue weighted by Crippen LogP contribution is 2.23. The topological polar surface area (TPSA) is 30.5 Å². The van der Waals surface area contributed by atoms with Crippen LogP contribution in [0.4, 0.5) is 13.2 Å².